The molecule has 1 aliphatic rings. The molecule has 0 aromatic carbocycles. The zero-order valence-corrected chi connectivity index (χ0v) is 12.5. The van der Waals surface area contributed by atoms with Gasteiger partial charge in [0.25, 0.3) is 0 Å². The molecule has 1 aliphatic heterocycles. The molecule has 0 aliphatic carbocycles. The third kappa shape index (κ3) is 2.71. The Morgan fingerprint density at radius 1 is 1.50 bits per heavy atom. The number of anilines is 1. The van der Waals surface area contributed by atoms with Gasteiger partial charge in [-0.25, -0.2) is 0 Å². The van der Waals surface area contributed by atoms with Crippen molar-refractivity contribution in [3.8, 4) is 0 Å². The van der Waals surface area contributed by atoms with Crippen molar-refractivity contribution in [2.24, 2.45) is 5.92 Å². The quantitative estimate of drug-likeness (QED) is 0.846. The van der Waals surface area contributed by atoms with E-state index < -0.39 is 0 Å². The summed E-state index contributed by atoms with van der Waals surface area (Å²) in [6.45, 7) is 7.70. The molecule has 0 spiro atoms. The number of aromatic nitrogens is 4. The number of fused-ring (bicyclic) bond motifs is 1. The Morgan fingerprint density at radius 3 is 3.10 bits per heavy atom. The molecule has 2 N–H and O–H groups in total. The Balaban J connectivity index is 1.67. The van der Waals surface area contributed by atoms with E-state index in [1.807, 2.05) is 0 Å². The highest BCUT2D eigenvalue weighted by molar-refractivity contribution is 6.28. The molecule has 2 aromatic rings. The molecule has 7 heteroatoms. The lowest BCUT2D eigenvalue weighted by molar-refractivity contribution is 0.266. The molecule has 2 aromatic heterocycles. The van der Waals surface area contributed by atoms with Crippen LogP contribution in [0, 0.1) is 5.92 Å². The van der Waals surface area contributed by atoms with E-state index in [1.165, 1.54) is 13.0 Å². The highest BCUT2D eigenvalue weighted by atomic mass is 35.5. The van der Waals surface area contributed by atoms with E-state index in [4.69, 9.17) is 11.6 Å². The third-order valence-electron chi connectivity index (χ3n) is 3.89. The maximum atomic E-state index is 5.92. The summed E-state index contributed by atoms with van der Waals surface area (Å²) >= 11 is 5.92. The van der Waals surface area contributed by atoms with Crippen molar-refractivity contribution in [1.29, 1.82) is 0 Å². The van der Waals surface area contributed by atoms with Gasteiger partial charge in [0, 0.05) is 19.1 Å². The second-order valence-electron chi connectivity index (χ2n) is 5.60. The normalized spacial score (nSPS) is 20.1. The molecule has 1 fully saturated rings. The highest BCUT2D eigenvalue weighted by Crippen LogP contribution is 2.22. The number of nitrogens with zero attached hydrogens (tertiary/aromatic N) is 4. The zero-order chi connectivity index (χ0) is 14.1. The van der Waals surface area contributed by atoms with Crippen molar-refractivity contribution < 1.29 is 0 Å². The topological polar surface area (TPSA) is 69.7 Å². The van der Waals surface area contributed by atoms with Gasteiger partial charge in [0.05, 0.1) is 11.6 Å². The van der Waals surface area contributed by atoms with E-state index >= 15 is 0 Å². The molecule has 0 radical (unpaired) electrons. The molecule has 0 saturated carbocycles. The first-order chi connectivity index (χ1) is 9.63. The number of aromatic amines is 1. The third-order valence-corrected chi connectivity index (χ3v) is 4.06. The van der Waals surface area contributed by atoms with Crippen LogP contribution >= 0.6 is 11.6 Å². The molecule has 3 rings (SSSR count). The van der Waals surface area contributed by atoms with E-state index in [1.54, 1.807) is 6.20 Å². The van der Waals surface area contributed by atoms with Crippen molar-refractivity contribution in [3.05, 3.63) is 11.5 Å². The first kappa shape index (κ1) is 13.6. The van der Waals surface area contributed by atoms with Gasteiger partial charge in [-0.1, -0.05) is 0 Å². The fourth-order valence-corrected chi connectivity index (χ4v) is 2.85. The van der Waals surface area contributed by atoms with Gasteiger partial charge in [-0.15, -0.1) is 0 Å². The number of hydrogen-bond acceptors (Lipinski definition) is 5. The summed E-state index contributed by atoms with van der Waals surface area (Å²) in [5.41, 5.74) is 0.669. The second-order valence-corrected chi connectivity index (χ2v) is 5.94. The number of halogens is 1. The van der Waals surface area contributed by atoms with Crippen LogP contribution in [0.25, 0.3) is 11.0 Å². The Bertz CT molecular complexity index is 596. The fourth-order valence-electron chi connectivity index (χ4n) is 2.68. The average Bonchev–Trinajstić information content (AvgIpc) is 3.04. The van der Waals surface area contributed by atoms with Crippen LogP contribution in [0.15, 0.2) is 6.20 Å². The molecule has 6 nitrogen and oxygen atoms in total. The van der Waals surface area contributed by atoms with Crippen molar-refractivity contribution in [3.63, 3.8) is 0 Å². The van der Waals surface area contributed by atoms with E-state index in [-0.39, 0.29) is 5.28 Å². The van der Waals surface area contributed by atoms with Crippen LogP contribution < -0.4 is 5.32 Å². The summed E-state index contributed by atoms with van der Waals surface area (Å²) in [7, 11) is 0. The highest BCUT2D eigenvalue weighted by Gasteiger charge is 2.24. The van der Waals surface area contributed by atoms with E-state index in [0.717, 1.165) is 24.3 Å². The SMILES string of the molecule is CC(C)N1CCC(CNc2nc(Cl)nc3[nH]ncc23)C1. The first-order valence-corrected chi connectivity index (χ1v) is 7.36. The average molecular weight is 295 g/mol. The summed E-state index contributed by atoms with van der Waals surface area (Å²) < 4.78 is 0. The molecule has 0 amide bonds. The number of H-pyrrole nitrogens is 1. The minimum Gasteiger partial charge on any atom is -0.369 e. The van der Waals surface area contributed by atoms with Gasteiger partial charge in [-0.2, -0.15) is 15.1 Å². The summed E-state index contributed by atoms with van der Waals surface area (Å²) in [4.78, 5) is 10.9. The Hall–Kier alpha value is -1.40. The monoisotopic (exact) mass is 294 g/mol. The molecule has 20 heavy (non-hydrogen) atoms. The molecule has 1 saturated heterocycles. The van der Waals surface area contributed by atoms with Crippen LogP contribution in [-0.2, 0) is 0 Å². The van der Waals surface area contributed by atoms with Crippen LogP contribution in [-0.4, -0.2) is 50.7 Å². The first-order valence-electron chi connectivity index (χ1n) is 6.98. The van der Waals surface area contributed by atoms with Crippen molar-refractivity contribution in [1.82, 2.24) is 25.1 Å². The van der Waals surface area contributed by atoms with Gasteiger partial charge in [0.2, 0.25) is 5.28 Å². The Morgan fingerprint density at radius 2 is 2.35 bits per heavy atom. The Labute approximate surface area is 122 Å². The maximum Gasteiger partial charge on any atom is 0.226 e. The predicted octanol–water partition coefficient (Wildman–Crippen LogP) is 2.15. The minimum absolute atomic E-state index is 0.236. The molecular formula is C13H19ClN6. The second kappa shape index (κ2) is 5.54. The minimum atomic E-state index is 0.236. The van der Waals surface area contributed by atoms with Gasteiger partial charge in [0.1, 0.15) is 5.82 Å². The summed E-state index contributed by atoms with van der Waals surface area (Å²) in [6.07, 6.45) is 2.95. The van der Waals surface area contributed by atoms with Crippen LogP contribution in [0.4, 0.5) is 5.82 Å². The smallest absolute Gasteiger partial charge is 0.226 e. The molecule has 108 valence electrons. The number of rotatable bonds is 4. The summed E-state index contributed by atoms with van der Waals surface area (Å²) in [6, 6.07) is 0.620. The van der Waals surface area contributed by atoms with E-state index in [9.17, 15) is 0 Å². The van der Waals surface area contributed by atoms with Crippen LogP contribution in [0.5, 0.6) is 0 Å². The van der Waals surface area contributed by atoms with Gasteiger partial charge in [-0.3, -0.25) is 5.10 Å². The molecular weight excluding hydrogens is 276 g/mol. The Kier molecular flexibility index (Phi) is 3.76. The van der Waals surface area contributed by atoms with Gasteiger partial charge >= 0.3 is 0 Å². The van der Waals surface area contributed by atoms with Crippen molar-refractivity contribution >= 4 is 28.5 Å². The van der Waals surface area contributed by atoms with E-state index in [2.05, 4.69) is 44.2 Å². The lowest BCUT2D eigenvalue weighted by Gasteiger charge is -2.20. The summed E-state index contributed by atoms with van der Waals surface area (Å²) in [5.74, 6) is 1.41. The lowest BCUT2D eigenvalue weighted by Crippen LogP contribution is -2.29. The van der Waals surface area contributed by atoms with E-state index in [0.29, 0.717) is 17.6 Å². The van der Waals surface area contributed by atoms with Gasteiger partial charge in [0.15, 0.2) is 5.65 Å². The molecule has 1 unspecified atom stereocenters. The van der Waals surface area contributed by atoms with Crippen LogP contribution in [0.3, 0.4) is 0 Å². The predicted molar refractivity (Wildman–Crippen MR) is 80.0 cm³/mol. The molecule has 0 bridgehead atoms. The standard InChI is InChI=1S/C13H19ClN6/c1-8(2)20-4-3-9(7-20)5-15-11-10-6-16-19-12(10)18-13(14)17-11/h6,8-9H,3-5,7H2,1-2H3,(H2,15,16,17,18,19). The number of likely N-dealkylation sites (tertiary alicyclic amines) is 1. The largest absolute Gasteiger partial charge is 0.369 e. The van der Waals surface area contributed by atoms with Crippen LogP contribution in [0.1, 0.15) is 20.3 Å². The van der Waals surface area contributed by atoms with Gasteiger partial charge in [-0.05, 0) is 44.3 Å². The van der Waals surface area contributed by atoms with Crippen LogP contribution in [0.2, 0.25) is 5.28 Å². The number of hydrogen-bond donors (Lipinski definition) is 2. The molecule has 1 atom stereocenters. The van der Waals surface area contributed by atoms with Gasteiger partial charge < -0.3 is 10.2 Å². The lowest BCUT2D eigenvalue weighted by atomic mass is 10.1. The van der Waals surface area contributed by atoms with Crippen molar-refractivity contribution in [2.45, 2.75) is 26.3 Å². The van der Waals surface area contributed by atoms with Crippen molar-refractivity contribution in [2.75, 3.05) is 25.0 Å². The fraction of sp³-hybridized carbons (Fsp3) is 0.615. The molecule has 3 heterocycles. The zero-order valence-electron chi connectivity index (χ0n) is 11.7. The maximum absolute atomic E-state index is 5.92. The number of nitrogens with one attached hydrogen (secondary N) is 2. The summed E-state index contributed by atoms with van der Waals surface area (Å²) in [5, 5.41) is 11.3.